The first-order chi connectivity index (χ1) is 9.13. The van der Waals surface area contributed by atoms with Gasteiger partial charge in [-0.05, 0) is 52.9 Å². The fourth-order valence-electron chi connectivity index (χ4n) is 2.01. The van der Waals surface area contributed by atoms with Gasteiger partial charge in [-0.15, -0.1) is 0 Å². The SMILES string of the molecule is CCNC(c1ccc(I)c(Cl)c1)c1ccccc1F. The Morgan fingerprint density at radius 1 is 1.26 bits per heavy atom. The molecule has 1 nitrogen and oxygen atoms in total. The van der Waals surface area contributed by atoms with Crippen molar-refractivity contribution >= 4 is 34.2 Å². The van der Waals surface area contributed by atoms with Crippen LogP contribution in [0.15, 0.2) is 42.5 Å². The van der Waals surface area contributed by atoms with Crippen LogP contribution in [0.1, 0.15) is 24.1 Å². The minimum atomic E-state index is -0.205. The summed E-state index contributed by atoms with van der Waals surface area (Å²) in [6, 6.07) is 12.5. The molecule has 19 heavy (non-hydrogen) atoms. The van der Waals surface area contributed by atoms with Crippen molar-refractivity contribution in [2.75, 3.05) is 6.54 Å². The second-order valence-corrected chi connectivity index (χ2v) is 5.76. The predicted molar refractivity (Wildman–Crippen MR) is 86.1 cm³/mol. The molecule has 0 bridgehead atoms. The van der Waals surface area contributed by atoms with Crippen molar-refractivity contribution in [3.8, 4) is 0 Å². The molecule has 1 atom stereocenters. The van der Waals surface area contributed by atoms with Crippen LogP contribution >= 0.6 is 34.2 Å². The van der Waals surface area contributed by atoms with Crippen LogP contribution in [0.3, 0.4) is 0 Å². The van der Waals surface area contributed by atoms with Gasteiger partial charge < -0.3 is 5.32 Å². The molecule has 0 aliphatic carbocycles. The predicted octanol–water partition coefficient (Wildman–Crippen LogP) is 4.78. The highest BCUT2D eigenvalue weighted by Gasteiger charge is 2.17. The van der Waals surface area contributed by atoms with E-state index >= 15 is 0 Å². The van der Waals surface area contributed by atoms with E-state index in [9.17, 15) is 4.39 Å². The van der Waals surface area contributed by atoms with E-state index in [2.05, 4.69) is 27.9 Å². The van der Waals surface area contributed by atoms with Gasteiger partial charge in [0.25, 0.3) is 0 Å². The third kappa shape index (κ3) is 3.46. The van der Waals surface area contributed by atoms with Crippen LogP contribution in [-0.2, 0) is 0 Å². The molecule has 2 aromatic carbocycles. The lowest BCUT2D eigenvalue weighted by Crippen LogP contribution is -2.23. The van der Waals surface area contributed by atoms with Gasteiger partial charge in [0, 0.05) is 9.13 Å². The Hall–Kier alpha value is -0.650. The van der Waals surface area contributed by atoms with Crippen LogP contribution < -0.4 is 5.32 Å². The third-order valence-corrected chi connectivity index (χ3v) is 4.47. The average Bonchev–Trinajstić information content (AvgIpc) is 2.40. The number of hydrogen-bond donors (Lipinski definition) is 1. The molecule has 0 heterocycles. The second-order valence-electron chi connectivity index (χ2n) is 4.19. The molecule has 0 aliphatic heterocycles. The first kappa shape index (κ1) is 14.8. The van der Waals surface area contributed by atoms with Crippen LogP contribution in [0.4, 0.5) is 4.39 Å². The van der Waals surface area contributed by atoms with Crippen molar-refractivity contribution in [2.45, 2.75) is 13.0 Å². The number of benzene rings is 2. The molecular formula is C15H14ClFIN. The molecule has 4 heteroatoms. The summed E-state index contributed by atoms with van der Waals surface area (Å²) in [6.45, 7) is 2.75. The highest BCUT2D eigenvalue weighted by Crippen LogP contribution is 2.28. The average molecular weight is 390 g/mol. The van der Waals surface area contributed by atoms with Gasteiger partial charge in [-0.2, -0.15) is 0 Å². The van der Waals surface area contributed by atoms with Crippen LogP contribution in [0, 0.1) is 9.39 Å². The monoisotopic (exact) mass is 389 g/mol. The van der Waals surface area contributed by atoms with Crippen molar-refractivity contribution < 1.29 is 4.39 Å². The molecule has 0 aliphatic rings. The molecule has 0 amide bonds. The fourth-order valence-corrected chi connectivity index (χ4v) is 2.54. The molecule has 0 saturated carbocycles. The van der Waals surface area contributed by atoms with Gasteiger partial charge in [-0.1, -0.05) is 42.8 Å². The van der Waals surface area contributed by atoms with Gasteiger partial charge in [0.05, 0.1) is 11.1 Å². The van der Waals surface area contributed by atoms with Gasteiger partial charge in [0.15, 0.2) is 0 Å². The summed E-state index contributed by atoms with van der Waals surface area (Å²) in [5.41, 5.74) is 1.61. The van der Waals surface area contributed by atoms with Crippen LogP contribution in [0.2, 0.25) is 5.02 Å². The molecule has 0 saturated heterocycles. The topological polar surface area (TPSA) is 12.0 Å². The van der Waals surface area contributed by atoms with Crippen molar-refractivity contribution in [2.24, 2.45) is 0 Å². The smallest absolute Gasteiger partial charge is 0.128 e. The van der Waals surface area contributed by atoms with Gasteiger partial charge in [-0.25, -0.2) is 4.39 Å². The van der Waals surface area contributed by atoms with E-state index in [0.717, 1.165) is 15.7 Å². The molecule has 1 unspecified atom stereocenters. The number of nitrogens with one attached hydrogen (secondary N) is 1. The van der Waals surface area contributed by atoms with Gasteiger partial charge in [-0.3, -0.25) is 0 Å². The summed E-state index contributed by atoms with van der Waals surface area (Å²) < 4.78 is 14.9. The minimum absolute atomic E-state index is 0.180. The van der Waals surface area contributed by atoms with Crippen LogP contribution in [0.5, 0.6) is 0 Å². The Morgan fingerprint density at radius 3 is 2.63 bits per heavy atom. The first-order valence-electron chi connectivity index (χ1n) is 6.06. The Bertz CT molecular complexity index is 574. The summed E-state index contributed by atoms with van der Waals surface area (Å²) in [5, 5.41) is 3.99. The Labute approximate surface area is 131 Å². The second kappa shape index (κ2) is 6.68. The van der Waals surface area contributed by atoms with Crippen molar-refractivity contribution in [1.82, 2.24) is 5.32 Å². The number of hydrogen-bond acceptors (Lipinski definition) is 1. The van der Waals surface area contributed by atoms with Gasteiger partial charge >= 0.3 is 0 Å². The molecule has 1 N–H and O–H groups in total. The highest BCUT2D eigenvalue weighted by atomic mass is 127. The molecule has 2 aromatic rings. The molecule has 100 valence electrons. The standard InChI is InChI=1S/C15H14ClFIN/c1-2-19-15(11-5-3-4-6-13(11)17)10-7-8-14(18)12(16)9-10/h3-9,15,19H,2H2,1H3. The lowest BCUT2D eigenvalue weighted by molar-refractivity contribution is 0.559. The molecule has 0 radical (unpaired) electrons. The number of rotatable bonds is 4. The van der Waals surface area contributed by atoms with Crippen LogP contribution in [-0.4, -0.2) is 6.54 Å². The zero-order chi connectivity index (χ0) is 13.8. The first-order valence-corrected chi connectivity index (χ1v) is 7.52. The summed E-state index contributed by atoms with van der Waals surface area (Å²) in [6.07, 6.45) is 0. The largest absolute Gasteiger partial charge is 0.306 e. The maximum absolute atomic E-state index is 14.0. The van der Waals surface area contributed by atoms with Crippen molar-refractivity contribution in [3.63, 3.8) is 0 Å². The normalized spacial score (nSPS) is 12.4. The molecule has 0 spiro atoms. The van der Waals surface area contributed by atoms with Gasteiger partial charge in [0.1, 0.15) is 5.82 Å². The summed E-state index contributed by atoms with van der Waals surface area (Å²) in [5.74, 6) is -0.205. The quantitative estimate of drug-likeness (QED) is 0.742. The minimum Gasteiger partial charge on any atom is -0.306 e. The lowest BCUT2D eigenvalue weighted by atomic mass is 9.98. The van der Waals surface area contributed by atoms with E-state index in [1.165, 1.54) is 6.07 Å². The highest BCUT2D eigenvalue weighted by molar-refractivity contribution is 14.1. The van der Waals surface area contributed by atoms with E-state index < -0.39 is 0 Å². The third-order valence-electron chi connectivity index (χ3n) is 2.90. The van der Waals surface area contributed by atoms with Gasteiger partial charge in [0.2, 0.25) is 0 Å². The van der Waals surface area contributed by atoms with Crippen LogP contribution in [0.25, 0.3) is 0 Å². The summed E-state index contributed by atoms with van der Waals surface area (Å²) in [4.78, 5) is 0. The van der Waals surface area contributed by atoms with E-state index in [1.807, 2.05) is 31.2 Å². The van der Waals surface area contributed by atoms with E-state index in [0.29, 0.717) is 10.6 Å². The molecule has 0 fully saturated rings. The Balaban J connectivity index is 2.45. The summed E-state index contributed by atoms with van der Waals surface area (Å²) in [7, 11) is 0. The van der Waals surface area contributed by atoms with E-state index in [4.69, 9.17) is 11.6 Å². The molecular weight excluding hydrogens is 376 g/mol. The van der Waals surface area contributed by atoms with E-state index in [1.54, 1.807) is 12.1 Å². The van der Waals surface area contributed by atoms with Crippen molar-refractivity contribution in [3.05, 3.63) is 68.0 Å². The molecule has 2 rings (SSSR count). The Morgan fingerprint density at radius 2 is 2.00 bits per heavy atom. The van der Waals surface area contributed by atoms with E-state index in [-0.39, 0.29) is 11.9 Å². The maximum atomic E-state index is 14.0. The number of halogens is 3. The lowest BCUT2D eigenvalue weighted by Gasteiger charge is -2.20. The molecule has 0 aromatic heterocycles. The zero-order valence-corrected chi connectivity index (χ0v) is 13.4. The summed E-state index contributed by atoms with van der Waals surface area (Å²) >= 11 is 8.34. The Kier molecular flexibility index (Phi) is 5.19. The zero-order valence-electron chi connectivity index (χ0n) is 10.5. The maximum Gasteiger partial charge on any atom is 0.128 e. The fraction of sp³-hybridized carbons (Fsp3) is 0.200. The van der Waals surface area contributed by atoms with Crippen molar-refractivity contribution in [1.29, 1.82) is 0 Å².